The molecule has 48 valence electrons. The second-order valence-corrected chi connectivity index (χ2v) is 1.58. The first kappa shape index (κ1) is 8.11. The van der Waals surface area contributed by atoms with Crippen LogP contribution in [0.4, 0.5) is 0 Å². The van der Waals surface area contributed by atoms with Gasteiger partial charge in [-0.2, -0.15) is 0 Å². The van der Waals surface area contributed by atoms with Gasteiger partial charge in [0.25, 0.3) is 0 Å². The molecule has 1 aliphatic rings. The van der Waals surface area contributed by atoms with Crippen molar-refractivity contribution in [3.8, 4) is 0 Å². The highest BCUT2D eigenvalue weighted by atomic mass is 35.5. The molecule has 0 fully saturated rings. The van der Waals surface area contributed by atoms with Gasteiger partial charge in [0.05, 0.1) is 11.4 Å². The maximum Gasteiger partial charge on any atom is 0.0541 e. The quantitative estimate of drug-likeness (QED) is 0.483. The fraction of sp³-hybridized carbons (Fsp3) is 0. The van der Waals surface area contributed by atoms with E-state index in [4.69, 9.17) is 10.8 Å². The van der Waals surface area contributed by atoms with Crippen LogP contribution in [0, 0.1) is 10.8 Å². The molecule has 0 atom stereocenters. The van der Waals surface area contributed by atoms with Crippen molar-refractivity contribution in [2.24, 2.45) is 0 Å². The molecule has 0 heterocycles. The predicted molar refractivity (Wildman–Crippen MR) is 41.0 cm³/mol. The standard InChI is InChI=1S/C6H6N2.ClH/c7-5-1-2-6(8)4-3-5;/h1-4,7-8H;1H. The van der Waals surface area contributed by atoms with E-state index < -0.39 is 0 Å². The summed E-state index contributed by atoms with van der Waals surface area (Å²) in [5.41, 5.74) is 0.919. The largest absolute Gasteiger partial charge is 0.301 e. The normalized spacial score (nSPS) is 15.6. The average Bonchev–Trinajstić information content (AvgIpc) is 1.77. The molecular formula is C6H7ClN2. The fourth-order valence-corrected chi connectivity index (χ4v) is 0.470. The van der Waals surface area contributed by atoms with Crippen molar-refractivity contribution >= 4 is 23.8 Å². The summed E-state index contributed by atoms with van der Waals surface area (Å²) in [7, 11) is 0. The minimum absolute atomic E-state index is 0. The van der Waals surface area contributed by atoms with Crippen LogP contribution >= 0.6 is 12.4 Å². The van der Waals surface area contributed by atoms with E-state index in [2.05, 4.69) is 0 Å². The van der Waals surface area contributed by atoms with Crippen molar-refractivity contribution in [2.45, 2.75) is 0 Å². The Morgan fingerprint density at radius 1 is 0.778 bits per heavy atom. The third-order valence-electron chi connectivity index (χ3n) is 0.885. The van der Waals surface area contributed by atoms with Crippen LogP contribution in [-0.4, -0.2) is 11.4 Å². The van der Waals surface area contributed by atoms with Crippen LogP contribution in [0.25, 0.3) is 0 Å². The Kier molecular flexibility index (Phi) is 2.88. The van der Waals surface area contributed by atoms with Gasteiger partial charge in [-0.05, 0) is 24.3 Å². The molecule has 9 heavy (non-hydrogen) atoms. The molecular weight excluding hydrogens is 136 g/mol. The summed E-state index contributed by atoms with van der Waals surface area (Å²) in [5, 5.41) is 14.0. The van der Waals surface area contributed by atoms with Crippen molar-refractivity contribution in [2.75, 3.05) is 0 Å². The van der Waals surface area contributed by atoms with E-state index in [1.807, 2.05) is 0 Å². The zero-order chi connectivity index (χ0) is 5.98. The Morgan fingerprint density at radius 3 is 1.22 bits per heavy atom. The van der Waals surface area contributed by atoms with Gasteiger partial charge < -0.3 is 10.8 Å². The van der Waals surface area contributed by atoms with Gasteiger partial charge in [0.1, 0.15) is 0 Å². The molecule has 0 aromatic carbocycles. The first-order valence-electron chi connectivity index (χ1n) is 2.32. The predicted octanol–water partition coefficient (Wildman–Crippen LogP) is 1.57. The van der Waals surface area contributed by atoms with Crippen LogP contribution in [0.15, 0.2) is 24.3 Å². The van der Waals surface area contributed by atoms with Gasteiger partial charge in [0, 0.05) is 0 Å². The van der Waals surface area contributed by atoms with Crippen molar-refractivity contribution in [1.82, 2.24) is 0 Å². The maximum absolute atomic E-state index is 7.01. The number of allylic oxidation sites excluding steroid dienone is 4. The Balaban J connectivity index is 0.000000640. The first-order valence-corrected chi connectivity index (χ1v) is 2.32. The lowest BCUT2D eigenvalue weighted by Crippen LogP contribution is -1.95. The molecule has 1 aliphatic carbocycles. The molecule has 0 unspecified atom stereocenters. The van der Waals surface area contributed by atoms with Crippen LogP contribution in [0.2, 0.25) is 0 Å². The van der Waals surface area contributed by atoms with Crippen LogP contribution in [0.5, 0.6) is 0 Å². The summed E-state index contributed by atoms with van der Waals surface area (Å²) in [4.78, 5) is 0. The summed E-state index contributed by atoms with van der Waals surface area (Å²) in [5.74, 6) is 0. The third kappa shape index (κ3) is 2.24. The molecule has 0 aliphatic heterocycles. The second-order valence-electron chi connectivity index (χ2n) is 1.58. The summed E-state index contributed by atoms with van der Waals surface area (Å²) in [6.07, 6.45) is 6.40. The van der Waals surface area contributed by atoms with E-state index in [0.717, 1.165) is 0 Å². The van der Waals surface area contributed by atoms with Crippen molar-refractivity contribution in [3.63, 3.8) is 0 Å². The van der Waals surface area contributed by atoms with Gasteiger partial charge in [-0.25, -0.2) is 0 Å². The zero-order valence-corrected chi connectivity index (χ0v) is 5.53. The van der Waals surface area contributed by atoms with Gasteiger partial charge in [-0.15, -0.1) is 12.4 Å². The topological polar surface area (TPSA) is 47.7 Å². The maximum atomic E-state index is 7.01. The van der Waals surface area contributed by atoms with E-state index in [0.29, 0.717) is 11.4 Å². The highest BCUT2D eigenvalue weighted by Crippen LogP contribution is 1.91. The second kappa shape index (κ2) is 3.20. The zero-order valence-electron chi connectivity index (χ0n) is 4.72. The van der Waals surface area contributed by atoms with E-state index in [1.165, 1.54) is 0 Å². The monoisotopic (exact) mass is 142 g/mol. The summed E-state index contributed by atoms with van der Waals surface area (Å²) >= 11 is 0. The summed E-state index contributed by atoms with van der Waals surface area (Å²) in [6, 6.07) is 0. The smallest absolute Gasteiger partial charge is 0.0541 e. The lowest BCUT2D eigenvalue weighted by Gasteiger charge is -1.93. The molecule has 3 heteroatoms. The SMILES string of the molecule is Cl.N=C1C=CC(=N)C=C1. The van der Waals surface area contributed by atoms with Crippen molar-refractivity contribution in [3.05, 3.63) is 24.3 Å². The van der Waals surface area contributed by atoms with Gasteiger partial charge in [-0.3, -0.25) is 0 Å². The lowest BCUT2D eigenvalue weighted by atomic mass is 10.2. The van der Waals surface area contributed by atoms with Crippen molar-refractivity contribution < 1.29 is 0 Å². The summed E-state index contributed by atoms with van der Waals surface area (Å²) < 4.78 is 0. The number of rotatable bonds is 0. The van der Waals surface area contributed by atoms with Crippen LogP contribution in [0.1, 0.15) is 0 Å². The molecule has 0 saturated heterocycles. The fourth-order valence-electron chi connectivity index (χ4n) is 0.470. The lowest BCUT2D eigenvalue weighted by molar-refractivity contribution is 1.50. The van der Waals surface area contributed by atoms with Gasteiger partial charge in [0.15, 0.2) is 0 Å². The summed E-state index contributed by atoms with van der Waals surface area (Å²) in [6.45, 7) is 0. The molecule has 0 saturated carbocycles. The number of nitrogens with one attached hydrogen (secondary N) is 2. The molecule has 0 amide bonds. The molecule has 0 bridgehead atoms. The highest BCUT2D eigenvalue weighted by molar-refractivity contribution is 6.16. The molecule has 2 N–H and O–H groups in total. The minimum atomic E-state index is 0. The Morgan fingerprint density at radius 2 is 1.00 bits per heavy atom. The Bertz CT molecular complexity index is 153. The number of halogens is 1. The number of hydrogen-bond donors (Lipinski definition) is 2. The van der Waals surface area contributed by atoms with Crippen LogP contribution in [-0.2, 0) is 0 Å². The van der Waals surface area contributed by atoms with E-state index in [-0.39, 0.29) is 12.4 Å². The van der Waals surface area contributed by atoms with Crippen LogP contribution in [0.3, 0.4) is 0 Å². The highest BCUT2D eigenvalue weighted by Gasteiger charge is 1.91. The van der Waals surface area contributed by atoms with E-state index in [9.17, 15) is 0 Å². The van der Waals surface area contributed by atoms with Crippen molar-refractivity contribution in [1.29, 1.82) is 10.8 Å². The third-order valence-corrected chi connectivity index (χ3v) is 0.885. The molecule has 0 radical (unpaired) electrons. The van der Waals surface area contributed by atoms with E-state index in [1.54, 1.807) is 24.3 Å². The molecule has 0 aromatic rings. The Labute approximate surface area is 59.7 Å². The first-order chi connectivity index (χ1) is 3.79. The molecule has 1 rings (SSSR count). The van der Waals surface area contributed by atoms with Crippen LogP contribution < -0.4 is 0 Å². The molecule has 0 spiro atoms. The minimum Gasteiger partial charge on any atom is -0.301 e. The van der Waals surface area contributed by atoms with Gasteiger partial charge >= 0.3 is 0 Å². The molecule has 0 aromatic heterocycles. The number of hydrogen-bond acceptors (Lipinski definition) is 2. The molecule has 2 nitrogen and oxygen atoms in total. The van der Waals surface area contributed by atoms with Gasteiger partial charge in [-0.1, -0.05) is 0 Å². The van der Waals surface area contributed by atoms with Gasteiger partial charge in [0.2, 0.25) is 0 Å². The Hall–Kier alpha value is -0.890. The average molecular weight is 143 g/mol. The van der Waals surface area contributed by atoms with E-state index >= 15 is 0 Å².